The summed E-state index contributed by atoms with van der Waals surface area (Å²) in [5.74, 6) is 0.275. The number of piperidine rings is 1. The van der Waals surface area contributed by atoms with Crippen LogP contribution in [0.2, 0.25) is 10.0 Å². The van der Waals surface area contributed by atoms with Gasteiger partial charge in [0.1, 0.15) is 5.75 Å². The first-order chi connectivity index (χ1) is 14.9. The number of carbonyl (C=O) groups is 2. The number of anilines is 1. The quantitative estimate of drug-likeness (QED) is 0.536. The number of hydrogen-bond donors (Lipinski definition) is 2. The Morgan fingerprint density at radius 2 is 1.90 bits per heavy atom. The number of hydrogen-bond acceptors (Lipinski definition) is 4. The molecular weight excluding hydrogens is 437 g/mol. The minimum Gasteiger partial charge on any atom is -0.492 e. The molecule has 2 aromatic rings. The lowest BCUT2D eigenvalue weighted by Gasteiger charge is -2.30. The highest BCUT2D eigenvalue weighted by Gasteiger charge is 2.23. The number of primary amides is 1. The summed E-state index contributed by atoms with van der Waals surface area (Å²) < 4.78 is 5.61. The van der Waals surface area contributed by atoms with Crippen molar-refractivity contribution in [3.8, 4) is 5.75 Å². The van der Waals surface area contributed by atoms with Crippen LogP contribution in [0.5, 0.6) is 5.75 Å². The van der Waals surface area contributed by atoms with Crippen molar-refractivity contribution >= 4 is 40.7 Å². The summed E-state index contributed by atoms with van der Waals surface area (Å²) in [4.78, 5) is 25.9. The molecule has 0 unspecified atom stereocenters. The molecule has 8 heteroatoms. The van der Waals surface area contributed by atoms with E-state index in [0.29, 0.717) is 35.2 Å². The molecule has 0 aliphatic carbocycles. The van der Waals surface area contributed by atoms with Gasteiger partial charge in [-0.25, -0.2) is 0 Å². The zero-order valence-electron chi connectivity index (χ0n) is 17.3. The van der Waals surface area contributed by atoms with E-state index in [2.05, 4.69) is 10.2 Å². The molecule has 3 N–H and O–H groups in total. The Kier molecular flexibility index (Phi) is 8.58. The van der Waals surface area contributed by atoms with Crippen LogP contribution in [0.25, 0.3) is 0 Å². The third kappa shape index (κ3) is 7.42. The minimum atomic E-state index is -0.203. The lowest BCUT2D eigenvalue weighted by atomic mass is 9.96. The Bertz CT molecular complexity index is 915. The average molecular weight is 464 g/mol. The Labute approximate surface area is 192 Å². The van der Waals surface area contributed by atoms with Gasteiger partial charge < -0.3 is 15.8 Å². The average Bonchev–Trinajstić information content (AvgIpc) is 2.73. The van der Waals surface area contributed by atoms with Crippen LogP contribution in [0.4, 0.5) is 5.69 Å². The molecule has 0 aromatic heterocycles. The second kappa shape index (κ2) is 11.4. The summed E-state index contributed by atoms with van der Waals surface area (Å²) in [7, 11) is 0. The zero-order chi connectivity index (χ0) is 22.2. The molecular formula is C23H27Cl2N3O3. The van der Waals surface area contributed by atoms with E-state index >= 15 is 0 Å². The number of nitrogens with two attached hydrogens (primary N) is 1. The monoisotopic (exact) mass is 463 g/mol. The van der Waals surface area contributed by atoms with E-state index in [1.807, 2.05) is 24.3 Å². The zero-order valence-corrected chi connectivity index (χ0v) is 18.8. The van der Waals surface area contributed by atoms with E-state index in [0.717, 1.165) is 43.7 Å². The predicted octanol–water partition coefficient (Wildman–Crippen LogP) is 4.49. The normalized spacial score (nSPS) is 14.9. The number of carbonyl (C=O) groups excluding carboxylic acids is 2. The smallest absolute Gasteiger partial charge is 0.224 e. The van der Waals surface area contributed by atoms with Gasteiger partial charge in [-0.15, -0.1) is 0 Å². The molecule has 1 aliphatic heterocycles. The predicted molar refractivity (Wildman–Crippen MR) is 123 cm³/mol. The third-order valence-electron chi connectivity index (χ3n) is 5.31. The molecule has 1 saturated heterocycles. The van der Waals surface area contributed by atoms with Gasteiger partial charge in [-0.2, -0.15) is 0 Å². The van der Waals surface area contributed by atoms with Crippen molar-refractivity contribution in [2.24, 2.45) is 11.7 Å². The maximum Gasteiger partial charge on any atom is 0.224 e. The minimum absolute atomic E-state index is 0.0124. The lowest BCUT2D eigenvalue weighted by molar-refractivity contribution is -0.123. The summed E-state index contributed by atoms with van der Waals surface area (Å²) in [5.41, 5.74) is 7.30. The van der Waals surface area contributed by atoms with Gasteiger partial charge in [0.25, 0.3) is 0 Å². The Morgan fingerprint density at radius 1 is 1.13 bits per heavy atom. The molecule has 1 heterocycles. The first kappa shape index (κ1) is 23.4. The second-order valence-electron chi connectivity index (χ2n) is 7.73. The molecule has 0 bridgehead atoms. The van der Waals surface area contributed by atoms with Crippen LogP contribution in [0.1, 0.15) is 31.2 Å². The van der Waals surface area contributed by atoms with Crippen molar-refractivity contribution < 1.29 is 14.3 Å². The third-order valence-corrected chi connectivity index (χ3v) is 5.84. The van der Waals surface area contributed by atoms with Crippen molar-refractivity contribution in [2.75, 3.05) is 25.0 Å². The number of benzene rings is 2. The van der Waals surface area contributed by atoms with Gasteiger partial charge in [0.2, 0.25) is 11.8 Å². The van der Waals surface area contributed by atoms with Crippen molar-refractivity contribution in [3.63, 3.8) is 0 Å². The Hall–Kier alpha value is -2.28. The topological polar surface area (TPSA) is 84.7 Å². The molecule has 1 aliphatic rings. The van der Waals surface area contributed by atoms with Gasteiger partial charge in [-0.1, -0.05) is 35.3 Å². The van der Waals surface area contributed by atoms with Crippen LogP contribution in [0, 0.1) is 5.92 Å². The molecule has 166 valence electrons. The number of nitrogens with zero attached hydrogens (tertiary/aromatic N) is 1. The molecule has 0 atom stereocenters. The summed E-state index contributed by atoms with van der Waals surface area (Å²) in [5, 5.41) is 3.94. The maximum atomic E-state index is 12.3. The van der Waals surface area contributed by atoms with Crippen LogP contribution in [0.15, 0.2) is 42.5 Å². The molecule has 1 fully saturated rings. The fourth-order valence-corrected chi connectivity index (χ4v) is 4.07. The number of nitrogens with one attached hydrogen (secondary N) is 1. The molecule has 0 radical (unpaired) electrons. The van der Waals surface area contributed by atoms with E-state index in [4.69, 9.17) is 33.7 Å². The summed E-state index contributed by atoms with van der Waals surface area (Å²) >= 11 is 11.9. The summed E-state index contributed by atoms with van der Waals surface area (Å²) in [6.07, 6.45) is 2.51. The van der Waals surface area contributed by atoms with Gasteiger partial charge in [0.15, 0.2) is 0 Å². The van der Waals surface area contributed by atoms with E-state index in [1.165, 1.54) is 0 Å². The van der Waals surface area contributed by atoms with Crippen molar-refractivity contribution in [1.29, 1.82) is 0 Å². The number of amides is 2. The Morgan fingerprint density at radius 3 is 2.61 bits per heavy atom. The molecule has 2 amide bonds. The molecule has 0 spiro atoms. The SMILES string of the molecule is NC(=O)C1CCN(Cc2cccc(NC(=O)CCCOc3ccc(Cl)cc3Cl)c2)CC1. The van der Waals surface area contributed by atoms with E-state index in [1.54, 1.807) is 18.2 Å². The van der Waals surface area contributed by atoms with Gasteiger partial charge in [-0.05, 0) is 68.2 Å². The molecule has 31 heavy (non-hydrogen) atoms. The van der Waals surface area contributed by atoms with Gasteiger partial charge in [0, 0.05) is 29.6 Å². The standard InChI is InChI=1S/C23H27Cl2N3O3/c24-18-6-7-21(20(25)14-18)31-12-2-5-22(29)27-19-4-1-3-16(13-19)15-28-10-8-17(9-11-28)23(26)30/h1,3-4,6-7,13-14,17H,2,5,8-12,15H2,(H2,26,30)(H,27,29). The van der Waals surface area contributed by atoms with Crippen LogP contribution in [-0.2, 0) is 16.1 Å². The largest absolute Gasteiger partial charge is 0.492 e. The molecule has 0 saturated carbocycles. The second-order valence-corrected chi connectivity index (χ2v) is 8.57. The van der Waals surface area contributed by atoms with E-state index < -0.39 is 0 Å². The van der Waals surface area contributed by atoms with Crippen molar-refractivity contribution in [3.05, 3.63) is 58.1 Å². The van der Waals surface area contributed by atoms with E-state index in [9.17, 15) is 9.59 Å². The molecule has 3 rings (SSSR count). The van der Waals surface area contributed by atoms with Crippen LogP contribution in [-0.4, -0.2) is 36.4 Å². The highest BCUT2D eigenvalue weighted by Crippen LogP contribution is 2.27. The van der Waals surface area contributed by atoms with Crippen LogP contribution < -0.4 is 15.8 Å². The van der Waals surface area contributed by atoms with Crippen molar-refractivity contribution in [2.45, 2.75) is 32.2 Å². The number of halogens is 2. The number of rotatable bonds is 9. The van der Waals surface area contributed by atoms with Gasteiger partial charge in [0.05, 0.1) is 11.6 Å². The first-order valence-electron chi connectivity index (χ1n) is 10.4. The van der Waals surface area contributed by atoms with Gasteiger partial charge in [-0.3, -0.25) is 14.5 Å². The number of likely N-dealkylation sites (tertiary alicyclic amines) is 1. The summed E-state index contributed by atoms with van der Waals surface area (Å²) in [6.45, 7) is 2.87. The lowest BCUT2D eigenvalue weighted by Crippen LogP contribution is -2.38. The highest BCUT2D eigenvalue weighted by molar-refractivity contribution is 6.35. The van der Waals surface area contributed by atoms with Crippen molar-refractivity contribution in [1.82, 2.24) is 4.90 Å². The number of ether oxygens (including phenoxy) is 1. The fraction of sp³-hybridized carbons (Fsp3) is 0.391. The molecule has 6 nitrogen and oxygen atoms in total. The Balaban J connectivity index is 1.40. The highest BCUT2D eigenvalue weighted by atomic mass is 35.5. The summed E-state index contributed by atoms with van der Waals surface area (Å²) in [6, 6.07) is 12.9. The maximum absolute atomic E-state index is 12.3. The van der Waals surface area contributed by atoms with Gasteiger partial charge >= 0.3 is 0 Å². The molecule has 2 aromatic carbocycles. The fourth-order valence-electron chi connectivity index (χ4n) is 3.61. The first-order valence-corrected chi connectivity index (χ1v) is 11.1. The van der Waals surface area contributed by atoms with E-state index in [-0.39, 0.29) is 17.7 Å². The van der Waals surface area contributed by atoms with Crippen LogP contribution >= 0.6 is 23.2 Å². The van der Waals surface area contributed by atoms with Crippen LogP contribution in [0.3, 0.4) is 0 Å².